The molecule has 1 atom stereocenters. The molecule has 14 heavy (non-hydrogen) atoms. The Morgan fingerprint density at radius 3 is 2.86 bits per heavy atom. The minimum atomic E-state index is -0.0696. The van der Waals surface area contributed by atoms with E-state index in [1.165, 1.54) is 11.3 Å². The second-order valence-electron chi connectivity index (χ2n) is 2.71. The first-order chi connectivity index (χ1) is 6.15. The Kier molecular flexibility index (Phi) is 6.35. The first kappa shape index (κ1) is 13.9. The molecule has 0 radical (unpaired) electrons. The summed E-state index contributed by atoms with van der Waals surface area (Å²) in [6.07, 6.45) is 0. The van der Waals surface area contributed by atoms with Gasteiger partial charge in [-0.25, -0.2) is 0 Å². The largest absolute Gasteiger partial charge is 0.348 e. The van der Waals surface area contributed by atoms with Gasteiger partial charge in [0.05, 0.1) is 0 Å². The van der Waals surface area contributed by atoms with Crippen LogP contribution in [0.2, 0.25) is 0 Å². The van der Waals surface area contributed by atoms with Crippen LogP contribution in [-0.4, -0.2) is 18.5 Å². The van der Waals surface area contributed by atoms with Crippen molar-refractivity contribution in [1.82, 2.24) is 5.32 Å². The number of hydrogen-bond acceptors (Lipinski definition) is 3. The molecule has 1 aromatic heterocycles. The van der Waals surface area contributed by atoms with Crippen LogP contribution in [0.25, 0.3) is 0 Å². The van der Waals surface area contributed by atoms with E-state index >= 15 is 0 Å². The second-order valence-corrected chi connectivity index (χ2v) is 4.48. The van der Waals surface area contributed by atoms with E-state index in [1.54, 1.807) is 0 Å². The molecule has 0 aliphatic heterocycles. The predicted octanol–water partition coefficient (Wildman–Crippen LogP) is 2.01. The molecular weight excluding hydrogens is 288 g/mol. The summed E-state index contributed by atoms with van der Waals surface area (Å²) in [6, 6.07) is 1.87. The Hall–Kier alpha value is -0.100. The number of rotatable bonds is 3. The monoisotopic (exact) mass is 298 g/mol. The normalized spacial score (nSPS) is 11.6. The van der Waals surface area contributed by atoms with E-state index in [1.807, 2.05) is 18.4 Å². The number of halogens is 2. The Morgan fingerprint density at radius 1 is 1.79 bits per heavy atom. The maximum absolute atomic E-state index is 11.5. The minimum absolute atomic E-state index is 0. The summed E-state index contributed by atoms with van der Waals surface area (Å²) in [5.41, 5.74) is 5.39. The van der Waals surface area contributed by atoms with Crippen LogP contribution in [0.5, 0.6) is 0 Å². The molecule has 3 N–H and O–H groups in total. The summed E-state index contributed by atoms with van der Waals surface area (Å²) in [5, 5.41) is 4.66. The summed E-state index contributed by atoms with van der Waals surface area (Å²) >= 11 is 4.71. The molecule has 0 fully saturated rings. The van der Waals surface area contributed by atoms with Gasteiger partial charge in [-0.15, -0.1) is 23.7 Å². The zero-order valence-electron chi connectivity index (χ0n) is 7.62. The van der Waals surface area contributed by atoms with Crippen LogP contribution in [0.15, 0.2) is 15.9 Å². The van der Waals surface area contributed by atoms with Gasteiger partial charge in [0.1, 0.15) is 4.88 Å². The highest BCUT2D eigenvalue weighted by molar-refractivity contribution is 9.10. The quantitative estimate of drug-likeness (QED) is 0.897. The zero-order valence-corrected chi connectivity index (χ0v) is 10.8. The summed E-state index contributed by atoms with van der Waals surface area (Å²) < 4.78 is 0.833. The standard InChI is InChI=1S/C8H11BrN2OS.ClH/c1-5(4-10)11-8(12)7-6(9)2-3-13-7;/h2-3,5H,4,10H2,1H3,(H,11,12);1H/t5-;/m1./s1. The average molecular weight is 300 g/mol. The van der Waals surface area contributed by atoms with Crippen molar-refractivity contribution in [2.45, 2.75) is 13.0 Å². The molecule has 1 aromatic rings. The first-order valence-corrected chi connectivity index (χ1v) is 5.56. The molecule has 0 bridgehead atoms. The van der Waals surface area contributed by atoms with E-state index in [4.69, 9.17) is 5.73 Å². The molecule has 0 saturated heterocycles. The Bertz CT molecular complexity index is 305. The van der Waals surface area contributed by atoms with Crippen LogP contribution in [0, 0.1) is 0 Å². The fraction of sp³-hybridized carbons (Fsp3) is 0.375. The Balaban J connectivity index is 0.00000169. The van der Waals surface area contributed by atoms with Crippen molar-refractivity contribution in [3.8, 4) is 0 Å². The van der Waals surface area contributed by atoms with Crippen LogP contribution < -0.4 is 11.1 Å². The Morgan fingerprint density at radius 2 is 2.43 bits per heavy atom. The zero-order chi connectivity index (χ0) is 9.84. The van der Waals surface area contributed by atoms with Crippen LogP contribution in [0.1, 0.15) is 16.6 Å². The van der Waals surface area contributed by atoms with E-state index in [-0.39, 0.29) is 24.4 Å². The van der Waals surface area contributed by atoms with E-state index in [9.17, 15) is 4.79 Å². The van der Waals surface area contributed by atoms with Crippen LogP contribution in [-0.2, 0) is 0 Å². The van der Waals surface area contributed by atoms with E-state index in [2.05, 4.69) is 21.2 Å². The third-order valence-corrected chi connectivity index (χ3v) is 3.39. The maximum Gasteiger partial charge on any atom is 0.262 e. The number of carbonyl (C=O) groups excluding carboxylic acids is 1. The molecule has 80 valence electrons. The molecule has 1 amide bonds. The highest BCUT2D eigenvalue weighted by Gasteiger charge is 2.12. The summed E-state index contributed by atoms with van der Waals surface area (Å²) in [5.74, 6) is -0.0696. The average Bonchev–Trinajstić information content (AvgIpc) is 2.51. The molecule has 0 aliphatic rings. The van der Waals surface area contributed by atoms with Gasteiger partial charge < -0.3 is 11.1 Å². The SMILES string of the molecule is C[C@H](CN)NC(=O)c1sccc1Br.Cl. The molecule has 0 saturated carbocycles. The van der Waals surface area contributed by atoms with Gasteiger partial charge in [0.2, 0.25) is 0 Å². The first-order valence-electron chi connectivity index (χ1n) is 3.89. The number of nitrogens with one attached hydrogen (secondary N) is 1. The molecule has 0 unspecified atom stereocenters. The van der Waals surface area contributed by atoms with E-state index in [0.717, 1.165) is 4.47 Å². The number of thiophene rings is 1. The smallest absolute Gasteiger partial charge is 0.262 e. The molecule has 1 rings (SSSR count). The van der Waals surface area contributed by atoms with Crippen molar-refractivity contribution in [1.29, 1.82) is 0 Å². The molecule has 1 heterocycles. The number of nitrogens with two attached hydrogens (primary N) is 1. The highest BCUT2D eigenvalue weighted by Crippen LogP contribution is 2.22. The molecule has 3 nitrogen and oxygen atoms in total. The van der Waals surface area contributed by atoms with Crippen molar-refractivity contribution in [3.05, 3.63) is 20.8 Å². The van der Waals surface area contributed by atoms with Crippen molar-refractivity contribution in [3.63, 3.8) is 0 Å². The molecule has 6 heteroatoms. The van der Waals surface area contributed by atoms with Gasteiger partial charge in [-0.3, -0.25) is 4.79 Å². The van der Waals surface area contributed by atoms with E-state index in [0.29, 0.717) is 11.4 Å². The number of hydrogen-bond donors (Lipinski definition) is 2. The number of amides is 1. The lowest BCUT2D eigenvalue weighted by atomic mass is 10.3. The van der Waals surface area contributed by atoms with Gasteiger partial charge in [-0.1, -0.05) is 0 Å². The predicted molar refractivity (Wildman–Crippen MR) is 65.2 cm³/mol. The lowest BCUT2D eigenvalue weighted by Crippen LogP contribution is -2.37. The third kappa shape index (κ3) is 3.57. The van der Waals surface area contributed by atoms with Crippen molar-refractivity contribution < 1.29 is 4.79 Å². The summed E-state index contributed by atoms with van der Waals surface area (Å²) in [4.78, 5) is 12.2. The highest BCUT2D eigenvalue weighted by atomic mass is 79.9. The third-order valence-electron chi connectivity index (χ3n) is 1.55. The Labute approximate surface area is 102 Å². The second kappa shape index (κ2) is 6.40. The van der Waals surface area contributed by atoms with Gasteiger partial charge >= 0.3 is 0 Å². The molecule has 0 aromatic carbocycles. The van der Waals surface area contributed by atoms with Gasteiger partial charge in [0.25, 0.3) is 5.91 Å². The van der Waals surface area contributed by atoms with Gasteiger partial charge in [0.15, 0.2) is 0 Å². The van der Waals surface area contributed by atoms with Gasteiger partial charge in [-0.05, 0) is 34.3 Å². The summed E-state index contributed by atoms with van der Waals surface area (Å²) in [6.45, 7) is 2.33. The lowest BCUT2D eigenvalue weighted by molar-refractivity contribution is 0.0944. The van der Waals surface area contributed by atoms with Gasteiger partial charge in [-0.2, -0.15) is 0 Å². The van der Waals surface area contributed by atoms with Crippen LogP contribution in [0.3, 0.4) is 0 Å². The topological polar surface area (TPSA) is 55.1 Å². The van der Waals surface area contributed by atoms with Crippen molar-refractivity contribution >= 4 is 45.6 Å². The van der Waals surface area contributed by atoms with Crippen molar-refractivity contribution in [2.75, 3.05) is 6.54 Å². The fourth-order valence-corrected chi connectivity index (χ4v) is 2.26. The molecule has 0 spiro atoms. The number of carbonyl (C=O) groups is 1. The lowest BCUT2D eigenvalue weighted by Gasteiger charge is -2.09. The fourth-order valence-electron chi connectivity index (χ4n) is 0.804. The van der Waals surface area contributed by atoms with Crippen molar-refractivity contribution in [2.24, 2.45) is 5.73 Å². The molecular formula is C8H12BrClN2OS. The van der Waals surface area contributed by atoms with Gasteiger partial charge in [0, 0.05) is 17.1 Å². The van der Waals surface area contributed by atoms with E-state index < -0.39 is 0 Å². The van der Waals surface area contributed by atoms with Crippen LogP contribution in [0.4, 0.5) is 0 Å². The summed E-state index contributed by atoms with van der Waals surface area (Å²) in [7, 11) is 0. The maximum atomic E-state index is 11.5. The minimum Gasteiger partial charge on any atom is -0.348 e. The molecule has 0 aliphatic carbocycles. The van der Waals surface area contributed by atoms with Crippen LogP contribution >= 0.6 is 39.7 Å².